The molecule has 0 fully saturated rings. The summed E-state index contributed by atoms with van der Waals surface area (Å²) in [4.78, 5) is 10.3. The number of aromatic nitrogens is 3. The van der Waals surface area contributed by atoms with E-state index in [-0.39, 0.29) is 32.2 Å². The van der Waals surface area contributed by atoms with Crippen LogP contribution in [0.25, 0.3) is 72.9 Å². The molecule has 4 nitrogen and oxygen atoms in total. The van der Waals surface area contributed by atoms with Crippen molar-refractivity contribution in [1.29, 1.82) is 0 Å². The normalized spacial score (nSPS) is 12.7. The van der Waals surface area contributed by atoms with Crippen molar-refractivity contribution in [2.45, 2.75) is 19.3 Å². The number of phenols is 1. The van der Waals surface area contributed by atoms with Gasteiger partial charge >= 0.3 is 0 Å². The van der Waals surface area contributed by atoms with Crippen LogP contribution in [0.15, 0.2) is 152 Å². The summed E-state index contributed by atoms with van der Waals surface area (Å²) < 4.78 is 2.13. The molecule has 50 heavy (non-hydrogen) atoms. The summed E-state index contributed by atoms with van der Waals surface area (Å²) in [5, 5.41) is 12.0. The number of rotatable bonds is 5. The van der Waals surface area contributed by atoms with Crippen LogP contribution in [0.3, 0.4) is 0 Å². The maximum atomic E-state index is 12.0. The van der Waals surface area contributed by atoms with E-state index in [0.717, 1.165) is 67.2 Å². The van der Waals surface area contributed by atoms with Crippen LogP contribution in [0.5, 0.6) is 5.75 Å². The van der Waals surface area contributed by atoms with E-state index in [1.807, 2.05) is 66.7 Å². The Hall–Kier alpha value is -5.57. The minimum Gasteiger partial charge on any atom is -0.507 e. The molecule has 5 heteroatoms. The predicted molar refractivity (Wildman–Crippen MR) is 198 cm³/mol. The van der Waals surface area contributed by atoms with Gasteiger partial charge < -0.3 is 9.51 Å². The first-order chi connectivity index (χ1) is 24.0. The van der Waals surface area contributed by atoms with Crippen molar-refractivity contribution in [2.75, 3.05) is 0 Å². The Morgan fingerprint density at radius 3 is 2.06 bits per heavy atom. The Kier molecular flexibility index (Phi) is 7.85. The first-order valence-corrected chi connectivity index (χ1v) is 16.6. The second kappa shape index (κ2) is 12.4. The largest absolute Gasteiger partial charge is 0.507 e. The van der Waals surface area contributed by atoms with Crippen LogP contribution in [0.2, 0.25) is 0 Å². The smallest absolute Gasteiger partial charge is 0.133 e. The molecule has 0 radical (unpaired) electrons. The fourth-order valence-corrected chi connectivity index (χ4v) is 7.40. The summed E-state index contributed by atoms with van der Waals surface area (Å²) in [7, 11) is 0. The van der Waals surface area contributed by atoms with Gasteiger partial charge in [0.15, 0.2) is 0 Å². The molecule has 3 heterocycles. The molecule has 0 amide bonds. The third-order valence-electron chi connectivity index (χ3n) is 9.83. The van der Waals surface area contributed by atoms with E-state index in [1.54, 1.807) is 0 Å². The Balaban J connectivity index is 0.00000361. The Labute approximate surface area is 306 Å². The molecule has 0 atom stereocenters. The van der Waals surface area contributed by atoms with Crippen LogP contribution in [0, 0.1) is 6.07 Å². The molecule has 0 unspecified atom stereocenters. The van der Waals surface area contributed by atoms with E-state index >= 15 is 0 Å². The fourth-order valence-electron chi connectivity index (χ4n) is 7.40. The number of hydrogen-bond acceptors (Lipinski definition) is 3. The molecule has 0 saturated carbocycles. The van der Waals surface area contributed by atoms with E-state index in [9.17, 15) is 5.11 Å². The number of benzene rings is 5. The second-order valence-electron chi connectivity index (χ2n) is 13.1. The average molecular weight is 826 g/mol. The summed E-state index contributed by atoms with van der Waals surface area (Å²) in [5.74, 6) is 0.258. The SMILES string of the molecule is CC1(C)c2ccccc2-c2c1ccc(-c1cc(-c3ccccc3)cc(-c3[c-]c(-c4nc5ccccn5c4-c4ccccc4)ccc3)n1)c2O.[Pt]. The fraction of sp³-hybridized carbons (Fsp3) is 0.0667. The van der Waals surface area contributed by atoms with Crippen LogP contribution >= 0.6 is 0 Å². The van der Waals surface area contributed by atoms with E-state index in [1.165, 1.54) is 5.56 Å². The van der Waals surface area contributed by atoms with Gasteiger partial charge in [-0.1, -0.05) is 128 Å². The third kappa shape index (κ3) is 5.11. The zero-order valence-corrected chi connectivity index (χ0v) is 29.8. The Bertz CT molecular complexity index is 2540. The molecule has 0 bridgehead atoms. The number of hydrogen-bond donors (Lipinski definition) is 1. The van der Waals surface area contributed by atoms with Gasteiger partial charge in [-0.05, 0) is 57.6 Å². The van der Waals surface area contributed by atoms with Crippen LogP contribution in [-0.2, 0) is 26.5 Å². The molecule has 3 aromatic heterocycles. The third-order valence-corrected chi connectivity index (χ3v) is 9.83. The Morgan fingerprint density at radius 1 is 0.580 bits per heavy atom. The first-order valence-electron chi connectivity index (χ1n) is 16.6. The summed E-state index contributed by atoms with van der Waals surface area (Å²) >= 11 is 0. The van der Waals surface area contributed by atoms with Crippen molar-refractivity contribution >= 4 is 5.65 Å². The summed E-state index contributed by atoms with van der Waals surface area (Å²) in [6.07, 6.45) is 2.05. The molecule has 9 rings (SSSR count). The van der Waals surface area contributed by atoms with Crippen LogP contribution in [-0.4, -0.2) is 19.5 Å². The summed E-state index contributed by atoms with van der Waals surface area (Å²) in [5.41, 5.74) is 13.9. The number of pyridine rings is 2. The van der Waals surface area contributed by atoms with Gasteiger partial charge in [0.05, 0.1) is 5.69 Å². The maximum absolute atomic E-state index is 12.0. The zero-order chi connectivity index (χ0) is 33.1. The first kappa shape index (κ1) is 31.7. The minimum absolute atomic E-state index is 0. The van der Waals surface area contributed by atoms with Crippen molar-refractivity contribution in [3.63, 3.8) is 0 Å². The van der Waals surface area contributed by atoms with Gasteiger partial charge in [0.25, 0.3) is 0 Å². The van der Waals surface area contributed by atoms with Crippen molar-refractivity contribution in [1.82, 2.24) is 14.4 Å². The molecule has 0 spiro atoms. The van der Waals surface area contributed by atoms with Crippen molar-refractivity contribution < 1.29 is 26.2 Å². The van der Waals surface area contributed by atoms with Gasteiger partial charge in [0.1, 0.15) is 11.4 Å². The number of fused-ring (bicyclic) bond motifs is 4. The second-order valence-corrected chi connectivity index (χ2v) is 13.1. The molecule has 0 aliphatic heterocycles. The van der Waals surface area contributed by atoms with E-state index in [0.29, 0.717) is 11.3 Å². The van der Waals surface area contributed by atoms with Gasteiger partial charge in [-0.25, -0.2) is 0 Å². The quantitative estimate of drug-likeness (QED) is 0.176. The van der Waals surface area contributed by atoms with Crippen molar-refractivity contribution in [3.05, 3.63) is 169 Å². The molecular weight excluding hydrogens is 794 g/mol. The minimum atomic E-state index is -0.210. The van der Waals surface area contributed by atoms with Crippen LogP contribution < -0.4 is 0 Å². The van der Waals surface area contributed by atoms with E-state index in [2.05, 4.69) is 109 Å². The van der Waals surface area contributed by atoms with Gasteiger partial charge in [-0.3, -0.25) is 9.97 Å². The maximum Gasteiger partial charge on any atom is 0.133 e. The molecular formula is C45H32N3OPt-. The average Bonchev–Trinajstić information content (AvgIpc) is 3.65. The van der Waals surface area contributed by atoms with Gasteiger partial charge in [0.2, 0.25) is 0 Å². The Morgan fingerprint density at radius 2 is 1.26 bits per heavy atom. The molecule has 8 aromatic rings. The number of imidazole rings is 1. The van der Waals surface area contributed by atoms with Crippen LogP contribution in [0.1, 0.15) is 25.0 Å². The summed E-state index contributed by atoms with van der Waals surface area (Å²) in [6, 6.07) is 53.3. The standard InChI is InChI=1S/C45H32N3O.Pt/c1-45(2)36-21-10-9-20-34(36)41-37(45)24-23-35(44(41)49)39-28-33(29-14-5-3-6-15-29)27-38(46-39)31-18-13-19-32(26-31)42-43(30-16-7-4-8-17-30)48-25-12-11-22-40(48)47-42;/h3-25,27-28,49H,1-2H3;/q-1;. The van der Waals surface area contributed by atoms with Crippen molar-refractivity contribution in [3.8, 4) is 73.0 Å². The molecule has 1 aliphatic rings. The van der Waals surface area contributed by atoms with E-state index in [4.69, 9.17) is 9.97 Å². The van der Waals surface area contributed by atoms with Crippen LogP contribution in [0.4, 0.5) is 0 Å². The topological polar surface area (TPSA) is 50.4 Å². The van der Waals surface area contributed by atoms with Gasteiger partial charge in [-0.15, -0.1) is 24.3 Å². The molecule has 0 saturated heterocycles. The number of aromatic hydroxyl groups is 1. The van der Waals surface area contributed by atoms with Crippen molar-refractivity contribution in [2.24, 2.45) is 0 Å². The molecule has 1 aliphatic carbocycles. The molecule has 5 aromatic carbocycles. The predicted octanol–water partition coefficient (Wildman–Crippen LogP) is 10.9. The number of nitrogens with zero attached hydrogens (tertiary/aromatic N) is 3. The molecule has 1 N–H and O–H groups in total. The summed E-state index contributed by atoms with van der Waals surface area (Å²) in [6.45, 7) is 4.44. The van der Waals surface area contributed by atoms with Gasteiger partial charge in [0, 0.05) is 60.9 Å². The zero-order valence-electron chi connectivity index (χ0n) is 27.5. The number of phenolic OH excluding ortho intramolecular Hbond substituents is 1. The monoisotopic (exact) mass is 825 g/mol. The van der Waals surface area contributed by atoms with Gasteiger partial charge in [-0.2, -0.15) is 0 Å². The van der Waals surface area contributed by atoms with E-state index < -0.39 is 0 Å². The molecule has 244 valence electrons.